The molecule has 2 aromatic rings. The minimum absolute atomic E-state index is 0.185. The Morgan fingerprint density at radius 3 is 1.43 bits per heavy atom. The molecular formula is C19H10Cl4N2O3S2. The molecule has 1 aliphatic carbocycles. The van der Waals surface area contributed by atoms with Crippen LogP contribution in [0.25, 0.3) is 16.7 Å². The Labute approximate surface area is 200 Å². The van der Waals surface area contributed by atoms with Crippen molar-refractivity contribution in [2.75, 3.05) is 12.5 Å². The second-order valence-electron chi connectivity index (χ2n) is 6.22. The fourth-order valence-electron chi connectivity index (χ4n) is 3.55. The third kappa shape index (κ3) is 3.15. The molecule has 1 fully saturated rings. The maximum absolute atomic E-state index is 13.2. The molecule has 4 amide bonds. The summed E-state index contributed by atoms with van der Waals surface area (Å²) in [6, 6.07) is 5.61. The summed E-state index contributed by atoms with van der Waals surface area (Å²) in [5.74, 6) is -1.47. The summed E-state index contributed by atoms with van der Waals surface area (Å²) in [6.07, 6.45) is 3.15. The number of hydrogen-bond donors (Lipinski definition) is 0. The number of benzene rings is 2. The van der Waals surface area contributed by atoms with Crippen molar-refractivity contribution in [2.24, 2.45) is 0 Å². The molecule has 4 rings (SSSR count). The predicted octanol–water partition coefficient (Wildman–Crippen LogP) is 6.43. The van der Waals surface area contributed by atoms with Gasteiger partial charge in [0, 0.05) is 39.3 Å². The molecule has 0 aromatic heterocycles. The topological polar surface area (TPSA) is 57.7 Å². The second-order valence-corrected chi connectivity index (χ2v) is 9.36. The van der Waals surface area contributed by atoms with Crippen LogP contribution in [-0.2, 0) is 9.59 Å². The number of amides is 4. The normalized spacial score (nSPS) is 15.9. The van der Waals surface area contributed by atoms with E-state index in [9.17, 15) is 14.4 Å². The van der Waals surface area contributed by atoms with Gasteiger partial charge in [0.2, 0.25) is 0 Å². The van der Waals surface area contributed by atoms with Crippen molar-refractivity contribution in [1.29, 1.82) is 0 Å². The number of rotatable bonds is 2. The number of nitrogens with zero attached hydrogens (tertiary/aromatic N) is 2. The summed E-state index contributed by atoms with van der Waals surface area (Å²) < 4.78 is 1.85. The summed E-state index contributed by atoms with van der Waals surface area (Å²) in [5, 5.41) is 1.27. The van der Waals surface area contributed by atoms with Gasteiger partial charge in [0.15, 0.2) is 0 Å². The van der Waals surface area contributed by atoms with Gasteiger partial charge < -0.3 is 0 Å². The van der Waals surface area contributed by atoms with E-state index in [1.807, 2.05) is 0 Å². The standard InChI is InChI=1S/C19H10Cl4N2O3S2/c1-29-24-17(26)16(18(27)25(30-2)19(24)28)13-9-3-7(20)5-11(22)14(9)15-10(13)4-8(21)6-12(15)23/h3-6H,1-2H3. The molecule has 1 saturated heterocycles. The van der Waals surface area contributed by atoms with Crippen LogP contribution in [0.5, 0.6) is 0 Å². The molecule has 1 aliphatic heterocycles. The molecule has 5 nitrogen and oxygen atoms in total. The molecule has 0 spiro atoms. The van der Waals surface area contributed by atoms with Crippen LogP contribution in [-0.4, -0.2) is 39.0 Å². The molecular weight excluding hydrogens is 510 g/mol. The minimum Gasteiger partial charge on any atom is -0.267 e. The molecule has 0 atom stereocenters. The SMILES string of the molecule is CSN1C(=O)C(=C2c3cc(Cl)cc(Cl)c3-c3c(Cl)cc(Cl)cc32)C(=O)N(SC)C1=O. The zero-order valence-corrected chi connectivity index (χ0v) is 19.9. The van der Waals surface area contributed by atoms with E-state index < -0.39 is 17.8 Å². The molecule has 0 unspecified atom stereocenters. The van der Waals surface area contributed by atoms with E-state index in [-0.39, 0.29) is 11.1 Å². The van der Waals surface area contributed by atoms with Gasteiger partial charge in [-0.05, 0) is 59.3 Å². The Hall–Kier alpha value is -1.35. The van der Waals surface area contributed by atoms with Crippen LogP contribution < -0.4 is 0 Å². The third-order valence-corrected chi connectivity index (χ3v) is 7.06. The van der Waals surface area contributed by atoms with Crippen molar-refractivity contribution < 1.29 is 14.4 Å². The number of carbonyl (C=O) groups excluding carboxylic acids is 3. The molecule has 1 heterocycles. The summed E-state index contributed by atoms with van der Waals surface area (Å²) in [7, 11) is 0. The second kappa shape index (κ2) is 7.97. The lowest BCUT2D eigenvalue weighted by Gasteiger charge is -2.31. The third-order valence-electron chi connectivity index (χ3n) is 4.66. The van der Waals surface area contributed by atoms with Crippen LogP contribution >= 0.6 is 70.3 Å². The number of carbonyl (C=O) groups is 3. The molecule has 2 aromatic carbocycles. The van der Waals surface area contributed by atoms with E-state index in [1.54, 1.807) is 36.8 Å². The minimum atomic E-state index is -0.733. The van der Waals surface area contributed by atoms with E-state index in [2.05, 4.69) is 0 Å². The van der Waals surface area contributed by atoms with Gasteiger partial charge in [-0.25, -0.2) is 4.79 Å². The first-order valence-corrected chi connectivity index (χ1v) is 12.1. The van der Waals surface area contributed by atoms with Gasteiger partial charge in [-0.15, -0.1) is 0 Å². The monoisotopic (exact) mass is 518 g/mol. The van der Waals surface area contributed by atoms with Gasteiger partial charge in [-0.2, -0.15) is 8.61 Å². The molecule has 154 valence electrons. The highest BCUT2D eigenvalue weighted by Gasteiger charge is 2.46. The van der Waals surface area contributed by atoms with E-state index in [0.717, 1.165) is 32.5 Å². The highest BCUT2D eigenvalue weighted by molar-refractivity contribution is 7.98. The lowest BCUT2D eigenvalue weighted by atomic mass is 9.96. The van der Waals surface area contributed by atoms with Crippen molar-refractivity contribution in [3.8, 4) is 11.1 Å². The van der Waals surface area contributed by atoms with Crippen molar-refractivity contribution in [3.05, 3.63) is 61.1 Å². The summed E-state index contributed by atoms with van der Waals surface area (Å²) >= 11 is 27.2. The van der Waals surface area contributed by atoms with Crippen LogP contribution in [0, 0.1) is 0 Å². The van der Waals surface area contributed by atoms with Crippen molar-refractivity contribution in [3.63, 3.8) is 0 Å². The van der Waals surface area contributed by atoms with Gasteiger partial charge >= 0.3 is 6.03 Å². The first kappa shape index (κ1) is 21.9. The van der Waals surface area contributed by atoms with Gasteiger partial charge in [0.25, 0.3) is 11.8 Å². The van der Waals surface area contributed by atoms with Crippen molar-refractivity contribution >= 4 is 93.7 Å². The Morgan fingerprint density at radius 1 is 0.667 bits per heavy atom. The lowest BCUT2D eigenvalue weighted by molar-refractivity contribution is -0.129. The largest absolute Gasteiger partial charge is 0.354 e. The van der Waals surface area contributed by atoms with E-state index in [0.29, 0.717) is 42.3 Å². The zero-order valence-electron chi connectivity index (χ0n) is 15.3. The van der Waals surface area contributed by atoms with Crippen LogP contribution in [0.15, 0.2) is 29.8 Å². The van der Waals surface area contributed by atoms with E-state index in [4.69, 9.17) is 46.4 Å². The highest BCUT2D eigenvalue weighted by Crippen LogP contribution is 2.54. The number of imide groups is 2. The molecule has 0 bridgehead atoms. The number of fused-ring (bicyclic) bond motifs is 3. The average Bonchev–Trinajstić information content (AvgIpc) is 2.97. The van der Waals surface area contributed by atoms with Crippen LogP contribution in [0.4, 0.5) is 4.79 Å². The van der Waals surface area contributed by atoms with Crippen LogP contribution in [0.3, 0.4) is 0 Å². The van der Waals surface area contributed by atoms with Crippen molar-refractivity contribution in [2.45, 2.75) is 0 Å². The Kier molecular flexibility index (Phi) is 5.81. The first-order chi connectivity index (χ1) is 14.2. The van der Waals surface area contributed by atoms with Crippen molar-refractivity contribution in [1.82, 2.24) is 8.61 Å². The van der Waals surface area contributed by atoms with E-state index in [1.165, 1.54) is 0 Å². The van der Waals surface area contributed by atoms with E-state index >= 15 is 0 Å². The predicted molar refractivity (Wildman–Crippen MR) is 124 cm³/mol. The summed E-state index contributed by atoms with van der Waals surface area (Å²) in [5.41, 5.74) is 2.14. The highest BCUT2D eigenvalue weighted by atomic mass is 35.5. The fraction of sp³-hybridized carbons (Fsp3) is 0.105. The maximum atomic E-state index is 13.2. The number of halogens is 4. The van der Waals surface area contributed by atoms with Crippen LogP contribution in [0.2, 0.25) is 20.1 Å². The smallest absolute Gasteiger partial charge is 0.267 e. The quantitative estimate of drug-likeness (QED) is 0.222. The average molecular weight is 520 g/mol. The van der Waals surface area contributed by atoms with Gasteiger partial charge in [-0.1, -0.05) is 46.4 Å². The Balaban J connectivity index is 2.15. The molecule has 30 heavy (non-hydrogen) atoms. The number of barbiturate groups is 1. The summed E-state index contributed by atoms with van der Waals surface area (Å²) in [6.45, 7) is 0. The molecule has 0 saturated carbocycles. The maximum Gasteiger partial charge on any atom is 0.354 e. The Bertz CT molecular complexity index is 1110. The molecule has 11 heteroatoms. The zero-order chi connectivity index (χ0) is 21.9. The number of urea groups is 1. The summed E-state index contributed by atoms with van der Waals surface area (Å²) in [4.78, 5) is 39.0. The molecule has 0 radical (unpaired) electrons. The molecule has 0 N–H and O–H groups in total. The van der Waals surface area contributed by atoms with Gasteiger partial charge in [-0.3, -0.25) is 9.59 Å². The lowest BCUT2D eigenvalue weighted by Crippen LogP contribution is -2.50. The fourth-order valence-corrected chi connectivity index (χ4v) is 5.77. The number of hydrogen-bond acceptors (Lipinski definition) is 5. The van der Waals surface area contributed by atoms with Crippen LogP contribution in [0.1, 0.15) is 11.1 Å². The first-order valence-electron chi connectivity index (χ1n) is 8.25. The van der Waals surface area contributed by atoms with Gasteiger partial charge in [0.1, 0.15) is 5.57 Å². The Morgan fingerprint density at radius 2 is 1.07 bits per heavy atom. The van der Waals surface area contributed by atoms with Gasteiger partial charge in [0.05, 0.1) is 10.0 Å². The molecule has 2 aliphatic rings.